The van der Waals surface area contributed by atoms with E-state index in [0.29, 0.717) is 0 Å². The van der Waals surface area contributed by atoms with E-state index in [4.69, 9.17) is 5.11 Å². The molecule has 0 aliphatic rings. The van der Waals surface area contributed by atoms with Crippen molar-refractivity contribution >= 4 is 0 Å². The van der Waals surface area contributed by atoms with E-state index in [9.17, 15) is 0 Å². The van der Waals surface area contributed by atoms with Crippen LogP contribution in [0, 0.1) is 6.92 Å². The molecule has 0 amide bonds. The van der Waals surface area contributed by atoms with Gasteiger partial charge in [0.25, 0.3) is 0 Å². The van der Waals surface area contributed by atoms with Gasteiger partial charge in [-0.05, 0) is 32.1 Å². The van der Waals surface area contributed by atoms with Crippen LogP contribution < -0.4 is 0 Å². The van der Waals surface area contributed by atoms with Crippen LogP contribution >= 0.6 is 0 Å². The summed E-state index contributed by atoms with van der Waals surface area (Å²) in [6.07, 6.45) is 0. The summed E-state index contributed by atoms with van der Waals surface area (Å²) >= 11 is 0. The Morgan fingerprint density at radius 1 is 0.938 bits per heavy atom. The van der Waals surface area contributed by atoms with Crippen LogP contribution in [-0.4, -0.2) is 29.6 Å². The number of aliphatic hydroxyl groups is 1. The van der Waals surface area contributed by atoms with Gasteiger partial charge in [0.2, 0.25) is 0 Å². The van der Waals surface area contributed by atoms with Crippen LogP contribution in [0.3, 0.4) is 0 Å². The lowest BCUT2D eigenvalue weighted by molar-refractivity contribution is 0.282. The van der Waals surface area contributed by atoms with Crippen molar-refractivity contribution in [1.29, 1.82) is 0 Å². The molecule has 1 aromatic rings. The van der Waals surface area contributed by atoms with E-state index in [1.54, 1.807) is 0 Å². The van der Waals surface area contributed by atoms with Crippen molar-refractivity contribution in [1.82, 2.24) is 4.90 Å². The summed E-state index contributed by atoms with van der Waals surface area (Å²) in [4.78, 5) is 2.38. The first-order chi connectivity index (χ1) is 7.67. The molecule has 92 valence electrons. The molecule has 0 atom stereocenters. The Labute approximate surface area is 99.9 Å². The molecule has 0 aliphatic heterocycles. The average molecular weight is 223 g/mol. The van der Waals surface area contributed by atoms with Crippen molar-refractivity contribution in [3.63, 3.8) is 0 Å². The van der Waals surface area contributed by atoms with Crippen molar-refractivity contribution in [2.75, 3.05) is 19.6 Å². The number of benzene rings is 1. The van der Waals surface area contributed by atoms with Gasteiger partial charge < -0.3 is 10.0 Å². The van der Waals surface area contributed by atoms with Crippen molar-refractivity contribution < 1.29 is 5.11 Å². The first-order valence-corrected chi connectivity index (χ1v) is 6.06. The lowest BCUT2D eigenvalue weighted by atomic mass is 10.2. The highest BCUT2D eigenvalue weighted by Crippen LogP contribution is 2.01. The number of aryl methyl sites for hydroxylation is 1. The van der Waals surface area contributed by atoms with Crippen LogP contribution in [-0.2, 0) is 6.61 Å². The predicted octanol–water partition coefficient (Wildman–Crippen LogP) is 2.84. The van der Waals surface area contributed by atoms with Gasteiger partial charge >= 0.3 is 0 Å². The average Bonchev–Trinajstić information content (AvgIpc) is 2.33. The third-order valence-electron chi connectivity index (χ3n) is 2.64. The predicted molar refractivity (Wildman–Crippen MR) is 70.6 cm³/mol. The highest BCUT2D eigenvalue weighted by Gasteiger charge is 1.89. The molecule has 0 radical (unpaired) electrons. The molecule has 2 heteroatoms. The molecule has 0 spiro atoms. The summed E-state index contributed by atoms with van der Waals surface area (Å²) in [6, 6.07) is 7.84. The van der Waals surface area contributed by atoms with Gasteiger partial charge in [0.15, 0.2) is 0 Å². The number of nitrogens with zero attached hydrogens (tertiary/aromatic N) is 1. The fourth-order valence-corrected chi connectivity index (χ4v) is 1.36. The van der Waals surface area contributed by atoms with Gasteiger partial charge in [-0.2, -0.15) is 0 Å². The molecule has 16 heavy (non-hydrogen) atoms. The maximum absolute atomic E-state index is 8.63. The van der Waals surface area contributed by atoms with Gasteiger partial charge in [-0.1, -0.05) is 50.6 Å². The Kier molecular flexibility index (Phi) is 8.87. The summed E-state index contributed by atoms with van der Waals surface area (Å²) in [7, 11) is 0. The highest BCUT2D eigenvalue weighted by molar-refractivity contribution is 5.20. The first-order valence-electron chi connectivity index (χ1n) is 6.06. The van der Waals surface area contributed by atoms with E-state index in [-0.39, 0.29) is 6.61 Å². The fourth-order valence-electron chi connectivity index (χ4n) is 1.36. The molecule has 0 heterocycles. The van der Waals surface area contributed by atoms with Crippen LogP contribution in [0.5, 0.6) is 0 Å². The Bertz CT molecular complexity index is 246. The Morgan fingerprint density at radius 3 is 1.62 bits per heavy atom. The number of hydrogen-bond donors (Lipinski definition) is 1. The zero-order chi connectivity index (χ0) is 12.4. The first kappa shape index (κ1) is 15.1. The molecule has 1 rings (SSSR count). The van der Waals surface area contributed by atoms with Gasteiger partial charge in [0, 0.05) is 0 Å². The monoisotopic (exact) mass is 223 g/mol. The van der Waals surface area contributed by atoms with Crippen molar-refractivity contribution in [3.8, 4) is 0 Å². The zero-order valence-corrected chi connectivity index (χ0v) is 11.0. The number of aliphatic hydroxyl groups excluding tert-OH is 1. The van der Waals surface area contributed by atoms with E-state index < -0.39 is 0 Å². The van der Waals surface area contributed by atoms with E-state index in [1.165, 1.54) is 25.2 Å². The van der Waals surface area contributed by atoms with E-state index in [0.717, 1.165) is 5.56 Å². The maximum atomic E-state index is 8.63. The molecule has 0 fully saturated rings. The molecule has 0 bridgehead atoms. The largest absolute Gasteiger partial charge is 0.392 e. The minimum Gasteiger partial charge on any atom is -0.392 e. The molecular weight excluding hydrogens is 198 g/mol. The Balaban J connectivity index is 0.000000293. The van der Waals surface area contributed by atoms with Crippen LogP contribution in [0.2, 0.25) is 0 Å². The van der Waals surface area contributed by atoms with E-state index >= 15 is 0 Å². The molecule has 1 N–H and O–H groups in total. The number of hydrogen-bond acceptors (Lipinski definition) is 2. The van der Waals surface area contributed by atoms with Gasteiger partial charge in [-0.3, -0.25) is 0 Å². The molecule has 0 unspecified atom stereocenters. The summed E-state index contributed by atoms with van der Waals surface area (Å²) in [5, 5.41) is 8.63. The Hall–Kier alpha value is -0.860. The van der Waals surface area contributed by atoms with Gasteiger partial charge in [0.05, 0.1) is 6.61 Å². The minimum atomic E-state index is 0.139. The highest BCUT2D eigenvalue weighted by atomic mass is 16.3. The van der Waals surface area contributed by atoms with E-state index in [1.807, 2.05) is 31.2 Å². The molecule has 0 aliphatic carbocycles. The van der Waals surface area contributed by atoms with Crippen LogP contribution in [0.1, 0.15) is 31.9 Å². The zero-order valence-electron chi connectivity index (χ0n) is 11.0. The normalized spacial score (nSPS) is 9.88. The smallest absolute Gasteiger partial charge is 0.0681 e. The molecular formula is C14H25NO. The molecule has 0 saturated heterocycles. The summed E-state index contributed by atoms with van der Waals surface area (Å²) in [5.41, 5.74) is 2.20. The van der Waals surface area contributed by atoms with Crippen molar-refractivity contribution in [2.45, 2.75) is 34.3 Å². The molecule has 0 saturated carbocycles. The van der Waals surface area contributed by atoms with Gasteiger partial charge in [0.1, 0.15) is 0 Å². The quantitative estimate of drug-likeness (QED) is 0.848. The maximum Gasteiger partial charge on any atom is 0.0681 e. The van der Waals surface area contributed by atoms with Gasteiger partial charge in [-0.25, -0.2) is 0 Å². The Morgan fingerprint density at radius 2 is 1.38 bits per heavy atom. The molecule has 2 nitrogen and oxygen atoms in total. The molecule has 0 aromatic heterocycles. The SMILES string of the molecule is CCN(CC)CC.Cc1ccc(CO)cc1. The van der Waals surface area contributed by atoms with Crippen molar-refractivity contribution in [2.24, 2.45) is 0 Å². The van der Waals surface area contributed by atoms with E-state index in [2.05, 4.69) is 25.7 Å². The third-order valence-corrected chi connectivity index (χ3v) is 2.64. The standard InChI is InChI=1S/C8H10O.C6H15N/c1-7-2-4-8(6-9)5-3-7;1-4-7(5-2)6-3/h2-5,9H,6H2,1H3;4-6H2,1-3H3. The lowest BCUT2D eigenvalue weighted by Gasteiger charge is -2.13. The van der Waals surface area contributed by atoms with Crippen LogP contribution in [0.15, 0.2) is 24.3 Å². The second-order valence-corrected chi connectivity index (χ2v) is 3.76. The summed E-state index contributed by atoms with van der Waals surface area (Å²) in [5.74, 6) is 0. The van der Waals surface area contributed by atoms with Crippen molar-refractivity contribution in [3.05, 3.63) is 35.4 Å². The summed E-state index contributed by atoms with van der Waals surface area (Å²) < 4.78 is 0. The minimum absolute atomic E-state index is 0.139. The number of rotatable bonds is 4. The third kappa shape index (κ3) is 6.59. The molecule has 1 aromatic carbocycles. The van der Waals surface area contributed by atoms with Crippen LogP contribution in [0.4, 0.5) is 0 Å². The topological polar surface area (TPSA) is 23.5 Å². The van der Waals surface area contributed by atoms with Crippen LogP contribution in [0.25, 0.3) is 0 Å². The fraction of sp³-hybridized carbons (Fsp3) is 0.571. The second-order valence-electron chi connectivity index (χ2n) is 3.76. The summed E-state index contributed by atoms with van der Waals surface area (Å²) in [6.45, 7) is 12.3. The second kappa shape index (κ2) is 9.37. The lowest BCUT2D eigenvalue weighted by Crippen LogP contribution is -2.21. The van der Waals surface area contributed by atoms with Gasteiger partial charge in [-0.15, -0.1) is 0 Å².